The molecule has 19 heavy (non-hydrogen) atoms. The van der Waals surface area contributed by atoms with Gasteiger partial charge in [-0.05, 0) is 24.8 Å². The predicted octanol–water partition coefficient (Wildman–Crippen LogP) is 3.24. The number of hydrogen-bond acceptors (Lipinski definition) is 2. The molecular weight excluding hydrogens is 238 g/mol. The second kappa shape index (κ2) is 8.70. The fraction of sp³-hybridized carbons (Fsp3) is 0.562. The van der Waals surface area contributed by atoms with Gasteiger partial charge in [-0.25, -0.2) is 0 Å². The molecule has 0 fully saturated rings. The van der Waals surface area contributed by atoms with Crippen molar-refractivity contribution in [1.82, 2.24) is 5.32 Å². The van der Waals surface area contributed by atoms with Crippen molar-refractivity contribution in [3.05, 3.63) is 35.9 Å². The average Bonchev–Trinajstić information content (AvgIpc) is 2.43. The number of aliphatic carboxylic acids is 1. The van der Waals surface area contributed by atoms with Gasteiger partial charge in [-0.15, -0.1) is 0 Å². The van der Waals surface area contributed by atoms with Crippen LogP contribution in [-0.4, -0.2) is 23.2 Å². The zero-order chi connectivity index (χ0) is 14.1. The minimum atomic E-state index is -0.765. The molecule has 3 nitrogen and oxygen atoms in total. The van der Waals surface area contributed by atoms with Crippen LogP contribution in [0.4, 0.5) is 0 Å². The minimum absolute atomic E-state index is 0.296. The van der Waals surface area contributed by atoms with E-state index in [1.54, 1.807) is 0 Å². The average molecular weight is 263 g/mol. The number of benzene rings is 1. The standard InChI is InChI=1S/C16H25NO2/c1-3-5-11-14(4-2)17-15(16(18)19)12-13-9-7-6-8-10-13/h6-10,14-15,17H,3-5,11-12H2,1-2H3,(H,18,19)/t14?,15-/m1/s1. The molecule has 0 heterocycles. The van der Waals surface area contributed by atoms with E-state index in [0.29, 0.717) is 12.5 Å². The van der Waals surface area contributed by atoms with Gasteiger partial charge in [0.05, 0.1) is 0 Å². The first-order chi connectivity index (χ1) is 9.17. The molecule has 106 valence electrons. The van der Waals surface area contributed by atoms with Gasteiger partial charge in [-0.3, -0.25) is 4.79 Å². The summed E-state index contributed by atoms with van der Waals surface area (Å²) in [5, 5.41) is 12.6. The monoisotopic (exact) mass is 263 g/mol. The lowest BCUT2D eigenvalue weighted by atomic mass is 10.0. The van der Waals surface area contributed by atoms with Crippen LogP contribution in [0.3, 0.4) is 0 Å². The maximum atomic E-state index is 11.4. The molecule has 0 amide bonds. The van der Waals surface area contributed by atoms with E-state index in [1.165, 1.54) is 0 Å². The summed E-state index contributed by atoms with van der Waals surface area (Å²) in [5.74, 6) is -0.765. The Morgan fingerprint density at radius 3 is 2.47 bits per heavy atom. The van der Waals surface area contributed by atoms with E-state index in [2.05, 4.69) is 19.2 Å². The lowest BCUT2D eigenvalue weighted by Gasteiger charge is -2.22. The number of unbranched alkanes of at least 4 members (excludes halogenated alkanes) is 1. The van der Waals surface area contributed by atoms with Crippen LogP contribution >= 0.6 is 0 Å². The van der Waals surface area contributed by atoms with Crippen molar-refractivity contribution in [1.29, 1.82) is 0 Å². The summed E-state index contributed by atoms with van der Waals surface area (Å²) in [5.41, 5.74) is 1.06. The second-order valence-electron chi connectivity index (χ2n) is 4.99. The lowest BCUT2D eigenvalue weighted by Crippen LogP contribution is -2.44. The van der Waals surface area contributed by atoms with Crippen molar-refractivity contribution in [2.24, 2.45) is 0 Å². The summed E-state index contributed by atoms with van der Waals surface area (Å²) in [6.07, 6.45) is 4.85. The van der Waals surface area contributed by atoms with Gasteiger partial charge in [-0.2, -0.15) is 0 Å². The molecule has 0 spiro atoms. The summed E-state index contributed by atoms with van der Waals surface area (Å²) in [4.78, 5) is 11.4. The second-order valence-corrected chi connectivity index (χ2v) is 4.99. The van der Waals surface area contributed by atoms with Crippen LogP contribution in [0, 0.1) is 0 Å². The van der Waals surface area contributed by atoms with Gasteiger partial charge in [0.1, 0.15) is 6.04 Å². The number of nitrogens with one attached hydrogen (secondary N) is 1. The van der Waals surface area contributed by atoms with Gasteiger partial charge in [0.2, 0.25) is 0 Å². The third kappa shape index (κ3) is 5.88. The van der Waals surface area contributed by atoms with Crippen LogP contribution in [-0.2, 0) is 11.2 Å². The van der Waals surface area contributed by atoms with E-state index >= 15 is 0 Å². The number of carboxylic acids is 1. The molecule has 1 aromatic rings. The third-order valence-electron chi connectivity index (χ3n) is 3.42. The molecule has 0 saturated heterocycles. The Labute approximate surface area is 116 Å². The van der Waals surface area contributed by atoms with Gasteiger partial charge in [0.25, 0.3) is 0 Å². The molecule has 0 aromatic heterocycles. The predicted molar refractivity (Wildman–Crippen MR) is 78.3 cm³/mol. The Morgan fingerprint density at radius 1 is 1.26 bits per heavy atom. The number of carbonyl (C=O) groups is 1. The zero-order valence-electron chi connectivity index (χ0n) is 11.9. The number of rotatable bonds is 9. The number of carboxylic acid groups (broad SMARTS) is 1. The van der Waals surface area contributed by atoms with Crippen molar-refractivity contribution < 1.29 is 9.90 Å². The van der Waals surface area contributed by atoms with Crippen LogP contribution in [0.1, 0.15) is 45.1 Å². The summed E-state index contributed by atoms with van der Waals surface area (Å²) in [7, 11) is 0. The molecule has 0 bridgehead atoms. The first-order valence-electron chi connectivity index (χ1n) is 7.20. The van der Waals surface area contributed by atoms with Gasteiger partial charge >= 0.3 is 5.97 Å². The maximum Gasteiger partial charge on any atom is 0.321 e. The fourth-order valence-electron chi connectivity index (χ4n) is 2.21. The Kier molecular flexibility index (Phi) is 7.19. The molecule has 0 aliphatic heterocycles. The summed E-state index contributed by atoms with van der Waals surface area (Å²) in [6.45, 7) is 4.26. The van der Waals surface area contributed by atoms with Crippen molar-refractivity contribution >= 4 is 5.97 Å². The SMILES string of the molecule is CCCCC(CC)N[C@H](Cc1ccccc1)C(=O)O. The quantitative estimate of drug-likeness (QED) is 0.719. The van der Waals surface area contributed by atoms with E-state index in [9.17, 15) is 9.90 Å². The van der Waals surface area contributed by atoms with Crippen LogP contribution in [0.15, 0.2) is 30.3 Å². The largest absolute Gasteiger partial charge is 0.480 e. The smallest absolute Gasteiger partial charge is 0.321 e. The normalized spacial score (nSPS) is 14.0. The van der Waals surface area contributed by atoms with Crippen molar-refractivity contribution in [2.75, 3.05) is 0 Å². The van der Waals surface area contributed by atoms with Gasteiger partial charge in [0.15, 0.2) is 0 Å². The first-order valence-corrected chi connectivity index (χ1v) is 7.20. The molecule has 0 radical (unpaired) electrons. The molecule has 0 saturated carbocycles. The molecule has 2 N–H and O–H groups in total. The highest BCUT2D eigenvalue weighted by molar-refractivity contribution is 5.74. The molecule has 2 atom stereocenters. The lowest BCUT2D eigenvalue weighted by molar-refractivity contribution is -0.139. The summed E-state index contributed by atoms with van der Waals surface area (Å²) in [6, 6.07) is 9.59. The van der Waals surface area contributed by atoms with E-state index in [1.807, 2.05) is 30.3 Å². The Balaban J connectivity index is 2.59. The van der Waals surface area contributed by atoms with Crippen LogP contribution in [0.25, 0.3) is 0 Å². The maximum absolute atomic E-state index is 11.4. The highest BCUT2D eigenvalue weighted by Crippen LogP contribution is 2.09. The fourth-order valence-corrected chi connectivity index (χ4v) is 2.21. The molecule has 3 heteroatoms. The van der Waals surface area contributed by atoms with Crippen LogP contribution in [0.5, 0.6) is 0 Å². The minimum Gasteiger partial charge on any atom is -0.480 e. The van der Waals surface area contributed by atoms with Crippen molar-refractivity contribution in [3.8, 4) is 0 Å². The highest BCUT2D eigenvalue weighted by Gasteiger charge is 2.20. The highest BCUT2D eigenvalue weighted by atomic mass is 16.4. The van der Waals surface area contributed by atoms with Gasteiger partial charge in [-0.1, -0.05) is 57.0 Å². The summed E-state index contributed by atoms with van der Waals surface area (Å²) >= 11 is 0. The Bertz CT molecular complexity index is 364. The van der Waals surface area contributed by atoms with Crippen LogP contribution in [0.2, 0.25) is 0 Å². The molecule has 1 rings (SSSR count). The topological polar surface area (TPSA) is 49.3 Å². The van der Waals surface area contributed by atoms with E-state index < -0.39 is 12.0 Å². The molecular formula is C16H25NO2. The molecule has 0 aliphatic rings. The first kappa shape index (κ1) is 15.7. The van der Waals surface area contributed by atoms with E-state index in [0.717, 1.165) is 31.2 Å². The van der Waals surface area contributed by atoms with Crippen molar-refractivity contribution in [2.45, 2.75) is 58.0 Å². The molecule has 1 unspecified atom stereocenters. The van der Waals surface area contributed by atoms with Gasteiger partial charge < -0.3 is 10.4 Å². The van der Waals surface area contributed by atoms with Crippen molar-refractivity contribution in [3.63, 3.8) is 0 Å². The summed E-state index contributed by atoms with van der Waals surface area (Å²) < 4.78 is 0. The number of hydrogen-bond donors (Lipinski definition) is 2. The zero-order valence-corrected chi connectivity index (χ0v) is 11.9. The van der Waals surface area contributed by atoms with Crippen LogP contribution < -0.4 is 5.32 Å². The Morgan fingerprint density at radius 2 is 1.95 bits per heavy atom. The third-order valence-corrected chi connectivity index (χ3v) is 3.42. The molecule has 1 aromatic carbocycles. The Hall–Kier alpha value is -1.35. The molecule has 0 aliphatic carbocycles. The van der Waals surface area contributed by atoms with E-state index in [-0.39, 0.29) is 0 Å². The van der Waals surface area contributed by atoms with Gasteiger partial charge in [0, 0.05) is 6.04 Å². The van der Waals surface area contributed by atoms with E-state index in [4.69, 9.17) is 0 Å².